The van der Waals surface area contributed by atoms with Gasteiger partial charge >= 0.3 is 0 Å². The number of carbonyl (C=O) groups is 2. The van der Waals surface area contributed by atoms with Crippen molar-refractivity contribution in [1.82, 2.24) is 24.6 Å². The number of nitrogens with zero attached hydrogens (tertiary/aromatic N) is 6. The molecule has 0 aliphatic carbocycles. The molecule has 2 aliphatic rings. The van der Waals surface area contributed by atoms with Crippen molar-refractivity contribution >= 4 is 17.5 Å². The molecular weight excluding hydrogens is 344 g/mol. The molecule has 3 heterocycles. The summed E-state index contributed by atoms with van der Waals surface area (Å²) in [6, 6.07) is 7.72. The van der Waals surface area contributed by atoms with Crippen molar-refractivity contribution in [2.24, 2.45) is 0 Å². The Kier molecular flexibility index (Phi) is 4.89. The summed E-state index contributed by atoms with van der Waals surface area (Å²) in [5, 5.41) is 4.12. The van der Waals surface area contributed by atoms with Gasteiger partial charge in [0.1, 0.15) is 12.7 Å². The molecule has 1 atom stereocenters. The highest BCUT2D eigenvalue weighted by Crippen LogP contribution is 2.36. The van der Waals surface area contributed by atoms with E-state index in [0.717, 1.165) is 37.4 Å². The normalized spacial score (nSPS) is 20.6. The van der Waals surface area contributed by atoms with Crippen molar-refractivity contribution in [2.45, 2.75) is 18.9 Å². The number of amides is 2. The van der Waals surface area contributed by atoms with Crippen LogP contribution in [0.15, 0.2) is 36.9 Å². The molecule has 1 aromatic carbocycles. The quantitative estimate of drug-likeness (QED) is 0.789. The van der Waals surface area contributed by atoms with Gasteiger partial charge in [0.25, 0.3) is 0 Å². The topological polar surface area (TPSA) is 74.6 Å². The Morgan fingerprint density at radius 1 is 1.15 bits per heavy atom. The molecule has 2 aliphatic heterocycles. The molecule has 142 valence electrons. The average molecular weight is 368 g/mol. The molecule has 1 fully saturated rings. The summed E-state index contributed by atoms with van der Waals surface area (Å²) in [4.78, 5) is 35.3. The minimum absolute atomic E-state index is 0.00137. The molecule has 1 unspecified atom stereocenters. The molecule has 0 saturated carbocycles. The van der Waals surface area contributed by atoms with E-state index in [0.29, 0.717) is 13.1 Å². The Labute approximate surface area is 158 Å². The van der Waals surface area contributed by atoms with Gasteiger partial charge in [-0.15, -0.1) is 0 Å². The maximum Gasteiger partial charge on any atom is 0.230 e. The molecule has 0 N–H and O–H groups in total. The number of piperazine rings is 1. The third-order valence-electron chi connectivity index (χ3n) is 5.52. The summed E-state index contributed by atoms with van der Waals surface area (Å²) in [5.74, 6) is -0.301. The zero-order valence-corrected chi connectivity index (χ0v) is 15.5. The molecule has 8 nitrogen and oxygen atoms in total. The lowest BCUT2D eigenvalue weighted by Gasteiger charge is -2.38. The SMILES string of the molecule is CN1C(=O)CC(C(=O)N2CCN(CCn3cncn3)CC2)c2ccccc21. The number of hydrogen-bond donors (Lipinski definition) is 0. The first-order chi connectivity index (χ1) is 13.1. The molecule has 2 amide bonds. The molecule has 0 spiro atoms. The fraction of sp³-hybridized carbons (Fsp3) is 0.474. The molecule has 2 aromatic rings. The minimum Gasteiger partial charge on any atom is -0.340 e. The minimum atomic E-state index is -0.369. The highest BCUT2D eigenvalue weighted by atomic mass is 16.2. The van der Waals surface area contributed by atoms with Crippen LogP contribution in [0.5, 0.6) is 0 Å². The maximum atomic E-state index is 13.1. The summed E-state index contributed by atoms with van der Waals surface area (Å²) in [6.45, 7) is 4.74. The van der Waals surface area contributed by atoms with E-state index in [1.807, 2.05) is 33.8 Å². The van der Waals surface area contributed by atoms with Gasteiger partial charge in [0.2, 0.25) is 11.8 Å². The number of hydrogen-bond acceptors (Lipinski definition) is 5. The number of rotatable bonds is 4. The Bertz CT molecular complexity index is 813. The molecule has 8 heteroatoms. The number of benzene rings is 1. The van der Waals surface area contributed by atoms with E-state index >= 15 is 0 Å². The first kappa shape index (κ1) is 17.7. The Hall–Kier alpha value is -2.74. The van der Waals surface area contributed by atoms with Crippen LogP contribution in [0.4, 0.5) is 5.69 Å². The van der Waals surface area contributed by atoms with E-state index < -0.39 is 0 Å². The Morgan fingerprint density at radius 3 is 2.67 bits per heavy atom. The first-order valence-electron chi connectivity index (χ1n) is 9.32. The zero-order chi connectivity index (χ0) is 18.8. The lowest BCUT2D eigenvalue weighted by atomic mass is 9.88. The number of fused-ring (bicyclic) bond motifs is 1. The second-order valence-corrected chi connectivity index (χ2v) is 7.09. The van der Waals surface area contributed by atoms with Gasteiger partial charge in [0.15, 0.2) is 0 Å². The van der Waals surface area contributed by atoms with E-state index in [4.69, 9.17) is 0 Å². The van der Waals surface area contributed by atoms with Crippen LogP contribution in [0.25, 0.3) is 0 Å². The summed E-state index contributed by atoms with van der Waals surface area (Å²) >= 11 is 0. The molecular formula is C19H24N6O2. The van der Waals surface area contributed by atoms with Crippen LogP contribution in [0.2, 0.25) is 0 Å². The van der Waals surface area contributed by atoms with Crippen LogP contribution in [-0.4, -0.2) is 76.2 Å². The Balaban J connectivity index is 1.38. The summed E-state index contributed by atoms with van der Waals surface area (Å²) < 4.78 is 1.82. The van der Waals surface area contributed by atoms with Gasteiger partial charge in [-0.05, 0) is 11.6 Å². The van der Waals surface area contributed by atoms with Crippen molar-refractivity contribution in [3.05, 3.63) is 42.5 Å². The smallest absolute Gasteiger partial charge is 0.230 e. The molecule has 1 saturated heterocycles. The van der Waals surface area contributed by atoms with Gasteiger partial charge in [-0.25, -0.2) is 4.98 Å². The van der Waals surface area contributed by atoms with E-state index in [-0.39, 0.29) is 24.2 Å². The fourth-order valence-corrected chi connectivity index (χ4v) is 3.87. The standard InChI is InChI=1S/C19H24N6O2/c1-22-17-5-3-2-4-15(17)16(12-18(22)26)19(27)24-9-6-23(7-10-24)8-11-25-14-20-13-21-25/h2-5,13-14,16H,6-12H2,1H3. The number of carbonyl (C=O) groups excluding carboxylic acids is 2. The lowest BCUT2D eigenvalue weighted by molar-refractivity contribution is -0.136. The second kappa shape index (κ2) is 7.48. The molecule has 0 radical (unpaired) electrons. The highest BCUT2D eigenvalue weighted by Gasteiger charge is 2.36. The number of aromatic nitrogens is 3. The van der Waals surface area contributed by atoms with Crippen molar-refractivity contribution in [2.75, 3.05) is 44.7 Å². The van der Waals surface area contributed by atoms with Gasteiger partial charge in [-0.3, -0.25) is 19.2 Å². The van der Waals surface area contributed by atoms with E-state index in [9.17, 15) is 9.59 Å². The predicted molar refractivity (Wildman–Crippen MR) is 100 cm³/mol. The Morgan fingerprint density at radius 2 is 1.93 bits per heavy atom. The van der Waals surface area contributed by atoms with Gasteiger partial charge < -0.3 is 9.80 Å². The summed E-state index contributed by atoms with van der Waals surface area (Å²) in [5.41, 5.74) is 1.80. The summed E-state index contributed by atoms with van der Waals surface area (Å²) in [7, 11) is 1.77. The van der Waals surface area contributed by atoms with E-state index in [1.165, 1.54) is 6.33 Å². The van der Waals surface area contributed by atoms with E-state index in [2.05, 4.69) is 15.0 Å². The average Bonchev–Trinajstić information content (AvgIpc) is 3.23. The van der Waals surface area contributed by atoms with Gasteiger partial charge in [-0.2, -0.15) is 5.10 Å². The number of para-hydroxylation sites is 1. The first-order valence-corrected chi connectivity index (χ1v) is 9.32. The van der Waals surface area contributed by atoms with Crippen LogP contribution in [0, 0.1) is 0 Å². The molecule has 4 rings (SSSR count). The van der Waals surface area contributed by atoms with Crippen molar-refractivity contribution in [3.8, 4) is 0 Å². The third-order valence-corrected chi connectivity index (χ3v) is 5.52. The van der Waals surface area contributed by atoms with Crippen molar-refractivity contribution in [3.63, 3.8) is 0 Å². The fourth-order valence-electron chi connectivity index (χ4n) is 3.87. The monoisotopic (exact) mass is 368 g/mol. The summed E-state index contributed by atoms with van der Waals surface area (Å²) in [6.07, 6.45) is 3.50. The highest BCUT2D eigenvalue weighted by molar-refractivity contribution is 6.02. The van der Waals surface area contributed by atoms with E-state index in [1.54, 1.807) is 18.3 Å². The lowest BCUT2D eigenvalue weighted by Crippen LogP contribution is -2.51. The third kappa shape index (κ3) is 3.57. The molecule has 0 bridgehead atoms. The van der Waals surface area contributed by atoms with Crippen LogP contribution in [0.3, 0.4) is 0 Å². The van der Waals surface area contributed by atoms with Gasteiger partial charge in [0, 0.05) is 51.9 Å². The molecule has 1 aromatic heterocycles. The van der Waals surface area contributed by atoms with Crippen LogP contribution in [0.1, 0.15) is 17.9 Å². The molecule has 27 heavy (non-hydrogen) atoms. The van der Waals surface area contributed by atoms with Crippen molar-refractivity contribution in [1.29, 1.82) is 0 Å². The maximum absolute atomic E-state index is 13.1. The largest absolute Gasteiger partial charge is 0.340 e. The predicted octanol–water partition coefficient (Wildman–Crippen LogP) is 0.573. The van der Waals surface area contributed by atoms with Crippen LogP contribution >= 0.6 is 0 Å². The van der Waals surface area contributed by atoms with Crippen LogP contribution in [-0.2, 0) is 16.1 Å². The second-order valence-electron chi connectivity index (χ2n) is 7.09. The van der Waals surface area contributed by atoms with Gasteiger partial charge in [-0.1, -0.05) is 18.2 Å². The zero-order valence-electron chi connectivity index (χ0n) is 15.5. The number of anilines is 1. The van der Waals surface area contributed by atoms with Crippen molar-refractivity contribution < 1.29 is 9.59 Å². The van der Waals surface area contributed by atoms with Gasteiger partial charge in [0.05, 0.1) is 12.5 Å². The van der Waals surface area contributed by atoms with Crippen LogP contribution < -0.4 is 4.90 Å².